The lowest BCUT2D eigenvalue weighted by molar-refractivity contribution is 0.474. The fraction of sp³-hybridized carbons (Fsp3) is 0.300. The van der Waals surface area contributed by atoms with Crippen molar-refractivity contribution in [3.8, 4) is 11.8 Å². The molecule has 1 aromatic rings. The summed E-state index contributed by atoms with van der Waals surface area (Å²) in [7, 11) is 0. The fourth-order valence-corrected chi connectivity index (χ4v) is 1.15. The molecule has 0 amide bonds. The Hall–Kier alpha value is -1.49. The molecule has 0 radical (unpaired) electrons. The highest BCUT2D eigenvalue weighted by Gasteiger charge is 1.98. The van der Waals surface area contributed by atoms with Crippen molar-refractivity contribution < 1.29 is 5.11 Å². The zero-order valence-electron chi connectivity index (χ0n) is 7.04. The predicted molar refractivity (Wildman–Crippen MR) is 46.8 cm³/mol. The summed E-state index contributed by atoms with van der Waals surface area (Å²) in [5.74, 6) is 0.285. The largest absolute Gasteiger partial charge is 0.508 e. The molecule has 0 spiro atoms. The van der Waals surface area contributed by atoms with E-state index in [9.17, 15) is 0 Å². The number of aryl methyl sites for hydroxylation is 2. The number of nitrogens with zero attached hydrogens (tertiary/aromatic N) is 1. The Morgan fingerprint density at radius 1 is 1.50 bits per heavy atom. The molecule has 1 aromatic carbocycles. The van der Waals surface area contributed by atoms with E-state index in [0.717, 1.165) is 17.5 Å². The topological polar surface area (TPSA) is 44.0 Å². The molecule has 2 nitrogen and oxygen atoms in total. The second-order valence-corrected chi connectivity index (χ2v) is 2.77. The Balaban J connectivity index is 2.81. The van der Waals surface area contributed by atoms with Gasteiger partial charge in [0.2, 0.25) is 0 Å². The number of phenols is 1. The average Bonchev–Trinajstić information content (AvgIpc) is 2.03. The SMILES string of the molecule is Cc1cc(O)ccc1CCC#N. The molecule has 1 N–H and O–H groups in total. The molecule has 0 heterocycles. The molecule has 0 aliphatic heterocycles. The van der Waals surface area contributed by atoms with Gasteiger partial charge >= 0.3 is 0 Å². The number of benzene rings is 1. The van der Waals surface area contributed by atoms with Gasteiger partial charge in [-0.2, -0.15) is 5.26 Å². The van der Waals surface area contributed by atoms with E-state index >= 15 is 0 Å². The van der Waals surface area contributed by atoms with E-state index in [2.05, 4.69) is 6.07 Å². The van der Waals surface area contributed by atoms with E-state index < -0.39 is 0 Å². The van der Waals surface area contributed by atoms with Gasteiger partial charge in [-0.05, 0) is 36.6 Å². The molecule has 0 atom stereocenters. The Labute approximate surface area is 72.1 Å². The average molecular weight is 161 g/mol. The van der Waals surface area contributed by atoms with Gasteiger partial charge in [-0.1, -0.05) is 6.07 Å². The van der Waals surface area contributed by atoms with E-state index in [1.54, 1.807) is 12.1 Å². The third-order valence-corrected chi connectivity index (χ3v) is 1.83. The molecule has 0 aliphatic carbocycles. The van der Waals surface area contributed by atoms with Gasteiger partial charge in [0.15, 0.2) is 0 Å². The molecular weight excluding hydrogens is 150 g/mol. The number of hydrogen-bond donors (Lipinski definition) is 1. The van der Waals surface area contributed by atoms with Gasteiger partial charge in [-0.25, -0.2) is 0 Å². The van der Waals surface area contributed by atoms with Crippen LogP contribution in [0.2, 0.25) is 0 Å². The predicted octanol–water partition coefficient (Wildman–Crippen LogP) is 2.16. The van der Waals surface area contributed by atoms with Crippen LogP contribution in [0, 0.1) is 18.3 Å². The van der Waals surface area contributed by atoms with Crippen LogP contribution in [0.4, 0.5) is 0 Å². The minimum absolute atomic E-state index is 0.285. The normalized spacial score (nSPS) is 9.33. The zero-order valence-corrected chi connectivity index (χ0v) is 7.04. The van der Waals surface area contributed by atoms with Gasteiger partial charge in [-0.15, -0.1) is 0 Å². The summed E-state index contributed by atoms with van der Waals surface area (Å²) >= 11 is 0. The van der Waals surface area contributed by atoms with Crippen molar-refractivity contribution >= 4 is 0 Å². The Morgan fingerprint density at radius 3 is 2.83 bits per heavy atom. The van der Waals surface area contributed by atoms with Crippen LogP contribution in [0.25, 0.3) is 0 Å². The Kier molecular flexibility index (Phi) is 2.71. The number of rotatable bonds is 2. The fourth-order valence-electron chi connectivity index (χ4n) is 1.15. The van der Waals surface area contributed by atoms with Crippen molar-refractivity contribution in [3.05, 3.63) is 29.3 Å². The lowest BCUT2D eigenvalue weighted by atomic mass is 10.0. The van der Waals surface area contributed by atoms with Crippen LogP contribution in [-0.4, -0.2) is 5.11 Å². The van der Waals surface area contributed by atoms with Gasteiger partial charge in [-0.3, -0.25) is 0 Å². The second kappa shape index (κ2) is 3.77. The third kappa shape index (κ3) is 2.00. The molecule has 0 aromatic heterocycles. The number of aromatic hydroxyl groups is 1. The Morgan fingerprint density at radius 2 is 2.25 bits per heavy atom. The van der Waals surface area contributed by atoms with Crippen molar-refractivity contribution in [2.75, 3.05) is 0 Å². The van der Waals surface area contributed by atoms with E-state index in [1.807, 2.05) is 13.0 Å². The quantitative estimate of drug-likeness (QED) is 0.722. The molecule has 0 fully saturated rings. The van der Waals surface area contributed by atoms with Crippen molar-refractivity contribution in [1.82, 2.24) is 0 Å². The smallest absolute Gasteiger partial charge is 0.115 e. The van der Waals surface area contributed by atoms with E-state index in [0.29, 0.717) is 6.42 Å². The molecule has 0 aliphatic rings. The zero-order chi connectivity index (χ0) is 8.97. The number of nitriles is 1. The van der Waals surface area contributed by atoms with Crippen molar-refractivity contribution in [3.63, 3.8) is 0 Å². The Bertz CT molecular complexity index is 312. The maximum atomic E-state index is 9.10. The summed E-state index contributed by atoms with van der Waals surface area (Å²) in [5, 5.41) is 17.5. The van der Waals surface area contributed by atoms with Gasteiger partial charge in [0.25, 0.3) is 0 Å². The van der Waals surface area contributed by atoms with Crippen LogP contribution in [0.3, 0.4) is 0 Å². The molecule has 2 heteroatoms. The number of phenolic OH excluding ortho intramolecular Hbond substituents is 1. The maximum absolute atomic E-state index is 9.10. The molecule has 0 saturated heterocycles. The summed E-state index contributed by atoms with van der Waals surface area (Å²) in [6.07, 6.45) is 1.30. The summed E-state index contributed by atoms with van der Waals surface area (Å²) in [6, 6.07) is 7.33. The minimum atomic E-state index is 0.285. The minimum Gasteiger partial charge on any atom is -0.508 e. The van der Waals surface area contributed by atoms with Crippen LogP contribution < -0.4 is 0 Å². The maximum Gasteiger partial charge on any atom is 0.115 e. The van der Waals surface area contributed by atoms with Crippen LogP contribution in [0.15, 0.2) is 18.2 Å². The van der Waals surface area contributed by atoms with E-state index in [4.69, 9.17) is 10.4 Å². The molecule has 0 unspecified atom stereocenters. The monoisotopic (exact) mass is 161 g/mol. The lowest BCUT2D eigenvalue weighted by Gasteiger charge is -2.02. The molecule has 0 saturated carbocycles. The van der Waals surface area contributed by atoms with E-state index in [-0.39, 0.29) is 5.75 Å². The molecule has 1 rings (SSSR count). The van der Waals surface area contributed by atoms with Crippen molar-refractivity contribution in [2.45, 2.75) is 19.8 Å². The first-order valence-electron chi connectivity index (χ1n) is 3.89. The summed E-state index contributed by atoms with van der Waals surface area (Å²) in [5.41, 5.74) is 2.18. The molecule has 62 valence electrons. The highest BCUT2D eigenvalue weighted by Crippen LogP contribution is 2.16. The van der Waals surface area contributed by atoms with E-state index in [1.165, 1.54) is 0 Å². The van der Waals surface area contributed by atoms with Gasteiger partial charge in [0.1, 0.15) is 5.75 Å². The summed E-state index contributed by atoms with van der Waals surface area (Å²) in [4.78, 5) is 0. The summed E-state index contributed by atoms with van der Waals surface area (Å²) < 4.78 is 0. The lowest BCUT2D eigenvalue weighted by Crippen LogP contribution is -1.87. The van der Waals surface area contributed by atoms with Gasteiger partial charge in [0.05, 0.1) is 6.07 Å². The highest BCUT2D eigenvalue weighted by molar-refractivity contribution is 5.34. The van der Waals surface area contributed by atoms with Crippen LogP contribution in [0.5, 0.6) is 5.75 Å². The first kappa shape index (κ1) is 8.61. The highest BCUT2D eigenvalue weighted by atomic mass is 16.3. The standard InChI is InChI=1S/C10H11NO/c1-8-7-10(12)5-4-9(8)3-2-6-11/h4-5,7,12H,2-3H2,1H3. The van der Waals surface area contributed by atoms with Gasteiger partial charge in [0, 0.05) is 6.42 Å². The molecular formula is C10H11NO. The van der Waals surface area contributed by atoms with Crippen LogP contribution in [-0.2, 0) is 6.42 Å². The van der Waals surface area contributed by atoms with Crippen LogP contribution >= 0.6 is 0 Å². The van der Waals surface area contributed by atoms with Crippen molar-refractivity contribution in [1.29, 1.82) is 5.26 Å². The van der Waals surface area contributed by atoms with Crippen molar-refractivity contribution in [2.24, 2.45) is 0 Å². The summed E-state index contributed by atoms with van der Waals surface area (Å²) in [6.45, 7) is 1.94. The first-order valence-corrected chi connectivity index (χ1v) is 3.89. The number of hydrogen-bond acceptors (Lipinski definition) is 2. The van der Waals surface area contributed by atoms with Crippen LogP contribution in [0.1, 0.15) is 17.5 Å². The molecule has 0 bridgehead atoms. The van der Waals surface area contributed by atoms with Gasteiger partial charge < -0.3 is 5.11 Å². The third-order valence-electron chi connectivity index (χ3n) is 1.83. The second-order valence-electron chi connectivity index (χ2n) is 2.77. The molecule has 12 heavy (non-hydrogen) atoms. The first-order chi connectivity index (χ1) is 5.74.